The number of nitrogens with zero attached hydrogens (tertiary/aromatic N) is 2. The molecule has 3 aliphatic heterocycles. The zero-order chi connectivity index (χ0) is 25.9. The summed E-state index contributed by atoms with van der Waals surface area (Å²) in [4.78, 5) is 41.0. The molecule has 2 fully saturated rings. The second-order valence-electron chi connectivity index (χ2n) is 10.8. The zero-order valence-corrected chi connectivity index (χ0v) is 21.6. The van der Waals surface area contributed by atoms with Gasteiger partial charge in [-0.3, -0.25) is 24.6 Å². The van der Waals surface area contributed by atoms with Crippen LogP contribution in [0.1, 0.15) is 54.6 Å². The molecule has 2 saturated heterocycles. The quantitative estimate of drug-likeness (QED) is 0.538. The van der Waals surface area contributed by atoms with E-state index in [9.17, 15) is 14.4 Å². The van der Waals surface area contributed by atoms with E-state index in [0.717, 1.165) is 43.9 Å². The first-order chi connectivity index (χ1) is 17.9. The summed E-state index contributed by atoms with van der Waals surface area (Å²) in [6.45, 7) is 8.51. The molecule has 0 aromatic heterocycles. The van der Waals surface area contributed by atoms with Crippen LogP contribution in [0.5, 0.6) is 5.75 Å². The summed E-state index contributed by atoms with van der Waals surface area (Å²) in [7, 11) is 0. The number of fused-ring (bicyclic) bond motifs is 1. The monoisotopic (exact) mass is 504 g/mol. The average Bonchev–Trinajstić information content (AvgIpc) is 3.19. The average molecular weight is 505 g/mol. The Balaban J connectivity index is 1.29. The molecule has 8 nitrogen and oxygen atoms in total. The number of carbonyl (C=O) groups excluding carboxylic acids is 3. The number of nitrogens with one attached hydrogen (secondary N) is 2. The lowest BCUT2D eigenvalue weighted by Gasteiger charge is -2.39. The van der Waals surface area contributed by atoms with Crippen LogP contribution in [0.2, 0.25) is 0 Å². The predicted octanol–water partition coefficient (Wildman–Crippen LogP) is 2.72. The van der Waals surface area contributed by atoms with Gasteiger partial charge in [0.2, 0.25) is 11.8 Å². The van der Waals surface area contributed by atoms with Crippen molar-refractivity contribution >= 4 is 17.7 Å². The van der Waals surface area contributed by atoms with Crippen molar-refractivity contribution in [1.82, 2.24) is 20.4 Å². The molecule has 3 aliphatic rings. The number of carbonyl (C=O) groups is 3. The van der Waals surface area contributed by atoms with Gasteiger partial charge in [0.1, 0.15) is 17.9 Å². The van der Waals surface area contributed by atoms with E-state index in [-0.39, 0.29) is 30.4 Å². The van der Waals surface area contributed by atoms with E-state index < -0.39 is 11.9 Å². The van der Waals surface area contributed by atoms with Crippen molar-refractivity contribution in [2.45, 2.75) is 64.4 Å². The molecule has 2 N–H and O–H groups in total. The van der Waals surface area contributed by atoms with Crippen LogP contribution < -0.4 is 15.4 Å². The zero-order valence-electron chi connectivity index (χ0n) is 21.6. The van der Waals surface area contributed by atoms with Crippen molar-refractivity contribution in [1.29, 1.82) is 0 Å². The Morgan fingerprint density at radius 2 is 1.89 bits per heavy atom. The third-order valence-electron chi connectivity index (χ3n) is 7.46. The number of hydrogen-bond acceptors (Lipinski definition) is 6. The van der Waals surface area contributed by atoms with Crippen molar-refractivity contribution < 1.29 is 19.1 Å². The second kappa shape index (κ2) is 11.0. The molecule has 2 aromatic carbocycles. The van der Waals surface area contributed by atoms with Crippen LogP contribution in [0.4, 0.5) is 0 Å². The first kappa shape index (κ1) is 25.4. The highest BCUT2D eigenvalue weighted by Crippen LogP contribution is 2.31. The molecule has 3 heterocycles. The number of piperidine rings is 2. The molecule has 8 heteroatoms. The minimum Gasteiger partial charge on any atom is -0.487 e. The maximum atomic E-state index is 13.0. The molecule has 0 bridgehead atoms. The maximum absolute atomic E-state index is 13.0. The molecular weight excluding hydrogens is 468 g/mol. The number of ether oxygens (including phenoxy) is 1. The lowest BCUT2D eigenvalue weighted by Crippen LogP contribution is -2.55. The summed E-state index contributed by atoms with van der Waals surface area (Å²) in [5.41, 5.74) is 2.70. The minimum atomic E-state index is -0.614. The summed E-state index contributed by atoms with van der Waals surface area (Å²) < 4.78 is 6.59. The fourth-order valence-electron chi connectivity index (χ4n) is 5.66. The normalized spacial score (nSPS) is 24.4. The van der Waals surface area contributed by atoms with Gasteiger partial charge in [-0.15, -0.1) is 0 Å². The number of likely N-dealkylation sites (tertiary alicyclic amines) is 1. The molecule has 0 aliphatic carbocycles. The highest BCUT2D eigenvalue weighted by Gasteiger charge is 2.39. The molecule has 3 atom stereocenters. The van der Waals surface area contributed by atoms with Gasteiger partial charge in [0.05, 0.1) is 0 Å². The molecule has 0 radical (unpaired) electrons. The third kappa shape index (κ3) is 5.86. The van der Waals surface area contributed by atoms with E-state index >= 15 is 0 Å². The summed E-state index contributed by atoms with van der Waals surface area (Å²) in [5.74, 6) is 0.474. The van der Waals surface area contributed by atoms with Gasteiger partial charge in [-0.25, -0.2) is 0 Å². The van der Waals surface area contributed by atoms with E-state index in [2.05, 4.69) is 53.6 Å². The largest absolute Gasteiger partial charge is 0.487 e. The Bertz CT molecular complexity index is 1150. The lowest BCUT2D eigenvalue weighted by atomic mass is 9.99. The van der Waals surface area contributed by atoms with Crippen LogP contribution in [0.25, 0.3) is 0 Å². The first-order valence-corrected chi connectivity index (χ1v) is 13.3. The fraction of sp³-hybridized carbons (Fsp3) is 0.483. The number of rotatable bonds is 8. The maximum Gasteiger partial charge on any atom is 0.255 e. The Morgan fingerprint density at radius 3 is 2.65 bits per heavy atom. The van der Waals surface area contributed by atoms with E-state index in [1.165, 1.54) is 5.56 Å². The molecule has 5 rings (SSSR count). The van der Waals surface area contributed by atoms with Crippen molar-refractivity contribution in [2.75, 3.05) is 19.6 Å². The molecular formula is C29H36N4O4. The molecule has 2 aromatic rings. The Labute approximate surface area is 218 Å². The van der Waals surface area contributed by atoms with Gasteiger partial charge in [-0.1, -0.05) is 44.2 Å². The predicted molar refractivity (Wildman–Crippen MR) is 140 cm³/mol. The highest BCUT2D eigenvalue weighted by atomic mass is 16.5. The molecule has 37 heavy (non-hydrogen) atoms. The third-order valence-corrected chi connectivity index (χ3v) is 7.46. The Hall–Kier alpha value is -3.23. The van der Waals surface area contributed by atoms with Crippen LogP contribution in [0.15, 0.2) is 48.5 Å². The van der Waals surface area contributed by atoms with Crippen molar-refractivity contribution in [3.05, 3.63) is 65.2 Å². The van der Waals surface area contributed by atoms with Gasteiger partial charge < -0.3 is 15.0 Å². The standard InChI is InChI=1S/C29H36N4O4/c1-19(2)16-32-13-12-24(30-15-20-6-4-3-5-7-20)26(18-32)37-22-8-9-23-21(14-22)17-33(29(23)36)25-10-11-27(34)31-28(25)35/h3-9,14,19,24-26,30H,10-13,15-18H2,1-2H3,(H,31,34,35)/t24-,25?,26-/m1/s1. The summed E-state index contributed by atoms with van der Waals surface area (Å²) in [6.07, 6.45) is 1.57. The molecule has 3 amide bonds. The second-order valence-corrected chi connectivity index (χ2v) is 10.8. The van der Waals surface area contributed by atoms with Crippen molar-refractivity contribution in [3.63, 3.8) is 0 Å². The van der Waals surface area contributed by atoms with Gasteiger partial charge in [-0.2, -0.15) is 0 Å². The fourth-order valence-corrected chi connectivity index (χ4v) is 5.66. The van der Waals surface area contributed by atoms with E-state index in [0.29, 0.717) is 24.4 Å². The van der Waals surface area contributed by atoms with Gasteiger partial charge in [0, 0.05) is 44.2 Å². The number of hydrogen-bond donors (Lipinski definition) is 2. The number of amides is 3. The smallest absolute Gasteiger partial charge is 0.255 e. The lowest BCUT2D eigenvalue weighted by molar-refractivity contribution is -0.136. The van der Waals surface area contributed by atoms with Crippen LogP contribution in [0, 0.1) is 5.92 Å². The molecule has 0 spiro atoms. The van der Waals surface area contributed by atoms with Gasteiger partial charge in [-0.05, 0) is 54.6 Å². The van der Waals surface area contributed by atoms with Crippen LogP contribution in [-0.2, 0) is 22.7 Å². The molecule has 0 saturated carbocycles. The van der Waals surface area contributed by atoms with Crippen LogP contribution in [-0.4, -0.2) is 65.3 Å². The topological polar surface area (TPSA) is 91.0 Å². The molecule has 196 valence electrons. The van der Waals surface area contributed by atoms with Crippen LogP contribution >= 0.6 is 0 Å². The van der Waals surface area contributed by atoms with Gasteiger partial charge in [0.25, 0.3) is 5.91 Å². The van der Waals surface area contributed by atoms with E-state index in [1.54, 1.807) is 11.0 Å². The van der Waals surface area contributed by atoms with E-state index in [1.807, 2.05) is 18.2 Å². The Morgan fingerprint density at radius 1 is 1.08 bits per heavy atom. The minimum absolute atomic E-state index is 0.0300. The van der Waals surface area contributed by atoms with Gasteiger partial charge >= 0.3 is 0 Å². The number of benzene rings is 2. The number of imide groups is 1. The Kier molecular flexibility index (Phi) is 7.58. The molecule has 1 unspecified atom stereocenters. The summed E-state index contributed by atoms with van der Waals surface area (Å²) in [5, 5.41) is 6.07. The van der Waals surface area contributed by atoms with E-state index in [4.69, 9.17) is 4.74 Å². The SMILES string of the molecule is CC(C)CN1CC[C@@H](NCc2ccccc2)[C@H](Oc2ccc3c(c2)CN(C2CCC(=O)NC2=O)C3=O)C1. The van der Waals surface area contributed by atoms with Crippen molar-refractivity contribution in [2.24, 2.45) is 5.92 Å². The summed E-state index contributed by atoms with van der Waals surface area (Å²) >= 11 is 0. The summed E-state index contributed by atoms with van der Waals surface area (Å²) in [6, 6.07) is 15.6. The van der Waals surface area contributed by atoms with Crippen molar-refractivity contribution in [3.8, 4) is 5.75 Å². The van der Waals surface area contributed by atoms with Gasteiger partial charge in [0.15, 0.2) is 0 Å². The first-order valence-electron chi connectivity index (χ1n) is 13.3. The van der Waals surface area contributed by atoms with Crippen LogP contribution in [0.3, 0.4) is 0 Å². The highest BCUT2D eigenvalue weighted by molar-refractivity contribution is 6.05.